The molecule has 10 heteroatoms. The maximum Gasteiger partial charge on any atom is 0.422 e. The predicted molar refractivity (Wildman–Crippen MR) is 100.0 cm³/mol. The summed E-state index contributed by atoms with van der Waals surface area (Å²) >= 11 is 0. The molecule has 7 nitrogen and oxygen atoms in total. The first-order valence-corrected chi connectivity index (χ1v) is 9.03. The van der Waals surface area contributed by atoms with Gasteiger partial charge >= 0.3 is 6.18 Å². The summed E-state index contributed by atoms with van der Waals surface area (Å²) in [7, 11) is 0. The summed E-state index contributed by atoms with van der Waals surface area (Å²) in [6.07, 6.45) is -1.46. The van der Waals surface area contributed by atoms with Crippen molar-refractivity contribution in [1.82, 2.24) is 19.9 Å². The quantitative estimate of drug-likeness (QED) is 0.723. The summed E-state index contributed by atoms with van der Waals surface area (Å²) in [5.74, 6) is 0.286. The van der Waals surface area contributed by atoms with E-state index in [1.807, 2.05) is 23.1 Å². The van der Waals surface area contributed by atoms with Gasteiger partial charge in [-0.05, 0) is 18.2 Å². The normalized spacial score (nSPS) is 15.0. The molecule has 1 aliphatic rings. The van der Waals surface area contributed by atoms with E-state index in [4.69, 9.17) is 0 Å². The third-order valence-corrected chi connectivity index (χ3v) is 4.73. The topological polar surface area (TPSA) is 74.4 Å². The molecule has 1 aliphatic heterocycles. The van der Waals surface area contributed by atoms with Gasteiger partial charge in [-0.3, -0.25) is 4.79 Å². The third-order valence-electron chi connectivity index (χ3n) is 4.73. The number of H-pyrrole nitrogens is 1. The molecule has 0 atom stereocenters. The largest absolute Gasteiger partial charge is 0.468 e. The van der Waals surface area contributed by atoms with Gasteiger partial charge in [0.2, 0.25) is 5.88 Å². The molecule has 1 amide bonds. The van der Waals surface area contributed by atoms with E-state index in [1.165, 1.54) is 12.4 Å². The highest BCUT2D eigenvalue weighted by molar-refractivity contribution is 6.06. The lowest BCUT2D eigenvalue weighted by atomic mass is 10.1. The van der Waals surface area contributed by atoms with Gasteiger partial charge in [0, 0.05) is 54.9 Å². The molecule has 1 aromatic carbocycles. The Morgan fingerprint density at radius 3 is 2.69 bits per heavy atom. The summed E-state index contributed by atoms with van der Waals surface area (Å²) in [5, 5.41) is 0.877. The molecule has 0 radical (unpaired) electrons. The number of benzene rings is 1. The number of piperazine rings is 1. The number of aromatic amines is 1. The maximum atomic E-state index is 12.9. The number of nitrogens with one attached hydrogen (secondary N) is 1. The number of halogens is 3. The number of hydrogen-bond donors (Lipinski definition) is 1. The van der Waals surface area contributed by atoms with E-state index >= 15 is 0 Å². The van der Waals surface area contributed by atoms with Crippen molar-refractivity contribution in [1.29, 1.82) is 0 Å². The van der Waals surface area contributed by atoms with Gasteiger partial charge in [-0.2, -0.15) is 13.2 Å². The molecule has 2 aromatic heterocycles. The Hall–Kier alpha value is -3.30. The summed E-state index contributed by atoms with van der Waals surface area (Å²) in [5.41, 5.74) is 1.55. The van der Waals surface area contributed by atoms with Crippen LogP contribution in [0.1, 0.15) is 10.4 Å². The lowest BCUT2D eigenvalue weighted by Gasteiger charge is -2.35. The van der Waals surface area contributed by atoms with Gasteiger partial charge in [0.05, 0.1) is 0 Å². The molecule has 0 unspecified atom stereocenters. The van der Waals surface area contributed by atoms with Gasteiger partial charge in [0.1, 0.15) is 12.1 Å². The van der Waals surface area contributed by atoms with Crippen LogP contribution in [0.3, 0.4) is 0 Å². The molecule has 0 spiro atoms. The van der Waals surface area contributed by atoms with Crippen LogP contribution < -0.4 is 9.64 Å². The van der Waals surface area contributed by atoms with Crippen molar-refractivity contribution in [2.45, 2.75) is 6.18 Å². The van der Waals surface area contributed by atoms with Crippen LogP contribution in [0, 0.1) is 0 Å². The smallest absolute Gasteiger partial charge is 0.422 e. The van der Waals surface area contributed by atoms with E-state index in [-0.39, 0.29) is 11.8 Å². The Kier molecular flexibility index (Phi) is 4.99. The number of anilines is 1. The Morgan fingerprint density at radius 2 is 1.93 bits per heavy atom. The van der Waals surface area contributed by atoms with E-state index < -0.39 is 12.8 Å². The van der Waals surface area contributed by atoms with Gasteiger partial charge < -0.3 is 19.5 Å². The van der Waals surface area contributed by atoms with Crippen molar-refractivity contribution in [3.05, 3.63) is 48.4 Å². The van der Waals surface area contributed by atoms with Crippen LogP contribution in [-0.2, 0) is 0 Å². The standard InChI is InChI=1S/C19H18F3N5O2/c20-19(21,22)11-29-17-10-16(24-12-25-17)26-6-8-27(9-7-26)18(28)14-2-1-3-15-13(14)4-5-23-15/h1-5,10,12,23H,6-9,11H2. The van der Waals surface area contributed by atoms with Crippen LogP contribution in [0.2, 0.25) is 0 Å². The van der Waals surface area contributed by atoms with Crippen molar-refractivity contribution >= 4 is 22.6 Å². The van der Waals surface area contributed by atoms with Crippen LogP contribution >= 0.6 is 0 Å². The van der Waals surface area contributed by atoms with Crippen LogP contribution in [0.5, 0.6) is 5.88 Å². The monoisotopic (exact) mass is 405 g/mol. The van der Waals surface area contributed by atoms with Crippen molar-refractivity contribution in [2.24, 2.45) is 0 Å². The van der Waals surface area contributed by atoms with Gasteiger partial charge in [-0.1, -0.05) is 6.07 Å². The van der Waals surface area contributed by atoms with Crippen LogP contribution in [-0.4, -0.2) is 64.7 Å². The van der Waals surface area contributed by atoms with Gasteiger partial charge in [0.15, 0.2) is 6.61 Å². The highest BCUT2D eigenvalue weighted by atomic mass is 19.4. The van der Waals surface area contributed by atoms with Crippen LogP contribution in [0.4, 0.5) is 19.0 Å². The number of fused-ring (bicyclic) bond motifs is 1. The molecule has 3 aromatic rings. The second-order valence-corrected chi connectivity index (χ2v) is 6.64. The number of amides is 1. The average Bonchev–Trinajstić information content (AvgIpc) is 3.20. The second kappa shape index (κ2) is 7.61. The number of nitrogens with zero attached hydrogens (tertiary/aromatic N) is 4. The average molecular weight is 405 g/mol. The SMILES string of the molecule is O=C(c1cccc2[nH]ccc12)N1CCN(c2cc(OCC(F)(F)F)ncn2)CC1. The first-order chi connectivity index (χ1) is 13.9. The third kappa shape index (κ3) is 4.25. The number of ether oxygens (including phenoxy) is 1. The van der Waals surface area contributed by atoms with Gasteiger partial charge in [-0.15, -0.1) is 0 Å². The van der Waals surface area contributed by atoms with E-state index in [0.29, 0.717) is 37.6 Å². The van der Waals surface area contributed by atoms with Crippen molar-refractivity contribution in [3.8, 4) is 5.88 Å². The molecule has 0 aliphatic carbocycles. The number of alkyl halides is 3. The molecule has 29 heavy (non-hydrogen) atoms. The van der Waals surface area contributed by atoms with E-state index in [0.717, 1.165) is 10.9 Å². The van der Waals surface area contributed by atoms with Gasteiger partial charge in [0.25, 0.3) is 5.91 Å². The molecular formula is C19H18F3N5O2. The zero-order valence-electron chi connectivity index (χ0n) is 15.3. The maximum absolute atomic E-state index is 12.9. The Balaban J connectivity index is 1.41. The molecule has 0 bridgehead atoms. The fourth-order valence-electron chi connectivity index (χ4n) is 3.32. The van der Waals surface area contributed by atoms with Crippen LogP contribution in [0.15, 0.2) is 42.9 Å². The van der Waals surface area contributed by atoms with Crippen molar-refractivity contribution in [3.63, 3.8) is 0 Å². The second-order valence-electron chi connectivity index (χ2n) is 6.64. The molecule has 3 heterocycles. The summed E-state index contributed by atoms with van der Waals surface area (Å²) < 4.78 is 41.6. The number of carbonyl (C=O) groups excluding carboxylic acids is 1. The van der Waals surface area contributed by atoms with Crippen molar-refractivity contribution < 1.29 is 22.7 Å². The summed E-state index contributed by atoms with van der Waals surface area (Å²) in [4.78, 5) is 27.5. The van der Waals surface area contributed by atoms with E-state index in [2.05, 4.69) is 19.7 Å². The predicted octanol–water partition coefficient (Wildman–Crippen LogP) is 2.86. The summed E-state index contributed by atoms with van der Waals surface area (Å²) in [6, 6.07) is 8.81. The Bertz CT molecular complexity index is 1010. The van der Waals surface area contributed by atoms with Gasteiger partial charge in [-0.25, -0.2) is 9.97 Å². The molecule has 1 fully saturated rings. The molecule has 152 valence electrons. The molecular weight excluding hydrogens is 387 g/mol. The molecule has 1 saturated heterocycles. The summed E-state index contributed by atoms with van der Waals surface area (Å²) in [6.45, 7) is 0.552. The first-order valence-electron chi connectivity index (χ1n) is 9.03. The number of hydrogen-bond acceptors (Lipinski definition) is 5. The van der Waals surface area contributed by atoms with E-state index in [9.17, 15) is 18.0 Å². The molecule has 1 N–H and O–H groups in total. The fraction of sp³-hybridized carbons (Fsp3) is 0.316. The highest BCUT2D eigenvalue weighted by Crippen LogP contribution is 2.23. The van der Waals surface area contributed by atoms with E-state index in [1.54, 1.807) is 17.2 Å². The molecule has 4 rings (SSSR count). The number of aromatic nitrogens is 3. The highest BCUT2D eigenvalue weighted by Gasteiger charge is 2.29. The number of rotatable bonds is 4. The lowest BCUT2D eigenvalue weighted by Crippen LogP contribution is -2.49. The minimum Gasteiger partial charge on any atom is -0.468 e. The minimum atomic E-state index is -4.43. The number of carbonyl (C=O) groups is 1. The Labute approximate surface area is 164 Å². The Morgan fingerprint density at radius 1 is 1.14 bits per heavy atom. The minimum absolute atomic E-state index is 0.0493. The van der Waals surface area contributed by atoms with Crippen molar-refractivity contribution in [2.75, 3.05) is 37.7 Å². The zero-order chi connectivity index (χ0) is 20.4. The first kappa shape index (κ1) is 19.0. The zero-order valence-corrected chi connectivity index (χ0v) is 15.3. The fourth-order valence-corrected chi connectivity index (χ4v) is 3.32. The van der Waals surface area contributed by atoms with Crippen LogP contribution in [0.25, 0.3) is 10.9 Å². The lowest BCUT2D eigenvalue weighted by molar-refractivity contribution is -0.154. The molecule has 0 saturated carbocycles.